The SMILES string of the molecule is O=C(NCc1ccsc1)N1CCC([C@@H](O)C(F)(F)F)CC1. The summed E-state index contributed by atoms with van der Waals surface area (Å²) in [7, 11) is 0. The number of halogens is 3. The molecular formula is C13H17F3N2O2S. The van der Waals surface area contributed by atoms with E-state index >= 15 is 0 Å². The van der Waals surface area contributed by atoms with Crippen LogP contribution in [0.25, 0.3) is 0 Å². The number of hydrogen-bond acceptors (Lipinski definition) is 3. The van der Waals surface area contributed by atoms with Crippen LogP contribution in [0, 0.1) is 5.92 Å². The number of rotatable bonds is 3. The van der Waals surface area contributed by atoms with Crippen LogP contribution in [0.1, 0.15) is 18.4 Å². The normalized spacial score (nSPS) is 18.6. The molecule has 118 valence electrons. The molecule has 0 aromatic carbocycles. The van der Waals surface area contributed by atoms with Crippen molar-refractivity contribution in [3.05, 3.63) is 22.4 Å². The van der Waals surface area contributed by atoms with Gasteiger partial charge in [-0.1, -0.05) is 0 Å². The number of amides is 2. The molecule has 2 rings (SSSR count). The zero-order valence-electron chi connectivity index (χ0n) is 11.3. The summed E-state index contributed by atoms with van der Waals surface area (Å²) in [6.07, 6.45) is -6.57. The minimum Gasteiger partial charge on any atom is -0.383 e. The van der Waals surface area contributed by atoms with E-state index in [1.54, 1.807) is 0 Å². The van der Waals surface area contributed by atoms with E-state index < -0.39 is 18.2 Å². The Hall–Kier alpha value is -1.28. The number of nitrogens with one attached hydrogen (secondary N) is 1. The van der Waals surface area contributed by atoms with Crippen molar-refractivity contribution in [1.82, 2.24) is 10.2 Å². The summed E-state index contributed by atoms with van der Waals surface area (Å²) >= 11 is 1.53. The Balaban J connectivity index is 1.77. The predicted molar refractivity (Wildman–Crippen MR) is 72.9 cm³/mol. The van der Waals surface area contributed by atoms with Crippen molar-refractivity contribution in [3.8, 4) is 0 Å². The molecule has 0 aliphatic carbocycles. The van der Waals surface area contributed by atoms with E-state index in [0.717, 1.165) is 5.56 Å². The average molecular weight is 322 g/mol. The lowest BCUT2D eigenvalue weighted by Crippen LogP contribution is -2.48. The first-order chi connectivity index (χ1) is 9.88. The molecule has 1 aromatic heterocycles. The highest BCUT2D eigenvalue weighted by atomic mass is 32.1. The van der Waals surface area contributed by atoms with Gasteiger partial charge in [-0.05, 0) is 41.1 Å². The van der Waals surface area contributed by atoms with Gasteiger partial charge in [-0.25, -0.2) is 4.79 Å². The number of thiophene rings is 1. The molecule has 4 nitrogen and oxygen atoms in total. The third-order valence-electron chi connectivity index (χ3n) is 3.63. The van der Waals surface area contributed by atoms with Crippen LogP contribution in [-0.4, -0.2) is 41.4 Å². The van der Waals surface area contributed by atoms with Crippen LogP contribution in [0.15, 0.2) is 16.8 Å². The maximum absolute atomic E-state index is 12.4. The van der Waals surface area contributed by atoms with Crippen molar-refractivity contribution in [1.29, 1.82) is 0 Å². The van der Waals surface area contributed by atoms with Gasteiger partial charge >= 0.3 is 12.2 Å². The molecule has 1 aliphatic rings. The van der Waals surface area contributed by atoms with Gasteiger partial charge in [-0.3, -0.25) is 0 Å². The minimum absolute atomic E-state index is 0.159. The Morgan fingerprint density at radius 2 is 2.14 bits per heavy atom. The Morgan fingerprint density at radius 3 is 2.67 bits per heavy atom. The molecule has 21 heavy (non-hydrogen) atoms. The first-order valence-corrected chi connectivity index (χ1v) is 7.61. The Bertz CT molecular complexity index is 456. The molecule has 2 amide bonds. The molecule has 0 spiro atoms. The van der Waals surface area contributed by atoms with Crippen molar-refractivity contribution in [2.75, 3.05) is 13.1 Å². The zero-order chi connectivity index (χ0) is 15.5. The van der Waals surface area contributed by atoms with Crippen LogP contribution in [0.3, 0.4) is 0 Å². The van der Waals surface area contributed by atoms with E-state index in [0.29, 0.717) is 6.54 Å². The highest BCUT2D eigenvalue weighted by Crippen LogP contribution is 2.31. The van der Waals surface area contributed by atoms with Gasteiger partial charge in [0, 0.05) is 19.6 Å². The lowest BCUT2D eigenvalue weighted by atomic mass is 9.91. The zero-order valence-corrected chi connectivity index (χ0v) is 12.1. The topological polar surface area (TPSA) is 52.6 Å². The van der Waals surface area contributed by atoms with Crippen LogP contribution in [0.4, 0.5) is 18.0 Å². The first-order valence-electron chi connectivity index (χ1n) is 6.66. The molecule has 0 radical (unpaired) electrons. The first kappa shape index (κ1) is 16.1. The van der Waals surface area contributed by atoms with Gasteiger partial charge < -0.3 is 15.3 Å². The molecule has 1 fully saturated rings. The molecule has 0 saturated carbocycles. The molecule has 1 aromatic rings. The molecule has 2 N–H and O–H groups in total. The van der Waals surface area contributed by atoms with Crippen LogP contribution < -0.4 is 5.32 Å². The molecule has 0 bridgehead atoms. The second-order valence-electron chi connectivity index (χ2n) is 5.10. The fourth-order valence-corrected chi connectivity index (χ4v) is 3.04. The smallest absolute Gasteiger partial charge is 0.383 e. The van der Waals surface area contributed by atoms with Crippen molar-refractivity contribution in [2.24, 2.45) is 5.92 Å². The van der Waals surface area contributed by atoms with E-state index in [1.165, 1.54) is 16.2 Å². The van der Waals surface area contributed by atoms with Crippen LogP contribution in [0.2, 0.25) is 0 Å². The highest BCUT2D eigenvalue weighted by Gasteiger charge is 2.44. The molecule has 0 unspecified atom stereocenters. The summed E-state index contributed by atoms with van der Waals surface area (Å²) in [4.78, 5) is 13.4. The van der Waals surface area contributed by atoms with E-state index in [9.17, 15) is 23.1 Å². The molecular weight excluding hydrogens is 305 g/mol. The average Bonchev–Trinajstić information content (AvgIpc) is 2.96. The van der Waals surface area contributed by atoms with Gasteiger partial charge in [0.2, 0.25) is 0 Å². The number of urea groups is 1. The van der Waals surface area contributed by atoms with Crippen molar-refractivity contribution < 1.29 is 23.1 Å². The number of alkyl halides is 3. The fourth-order valence-electron chi connectivity index (χ4n) is 2.37. The molecule has 2 heterocycles. The van der Waals surface area contributed by atoms with Crippen molar-refractivity contribution in [3.63, 3.8) is 0 Å². The molecule has 1 saturated heterocycles. The number of piperidine rings is 1. The number of aliphatic hydroxyl groups is 1. The second-order valence-corrected chi connectivity index (χ2v) is 5.88. The maximum Gasteiger partial charge on any atom is 0.414 e. The van der Waals surface area contributed by atoms with Gasteiger partial charge in [0.15, 0.2) is 6.10 Å². The summed E-state index contributed by atoms with van der Waals surface area (Å²) in [6, 6.07) is 1.62. The molecule has 1 atom stereocenters. The maximum atomic E-state index is 12.4. The number of hydrogen-bond donors (Lipinski definition) is 2. The highest BCUT2D eigenvalue weighted by molar-refractivity contribution is 7.07. The van der Waals surface area contributed by atoms with Gasteiger partial charge in [-0.2, -0.15) is 24.5 Å². The third-order valence-corrected chi connectivity index (χ3v) is 4.36. The van der Waals surface area contributed by atoms with E-state index in [-0.39, 0.29) is 32.0 Å². The summed E-state index contributed by atoms with van der Waals surface area (Å²) in [5.41, 5.74) is 0.996. The lowest BCUT2D eigenvalue weighted by molar-refractivity contribution is -0.222. The van der Waals surface area contributed by atoms with E-state index in [1.807, 2.05) is 16.8 Å². The van der Waals surface area contributed by atoms with Gasteiger partial charge in [-0.15, -0.1) is 0 Å². The van der Waals surface area contributed by atoms with E-state index in [4.69, 9.17) is 0 Å². The van der Waals surface area contributed by atoms with Crippen LogP contribution in [-0.2, 0) is 6.54 Å². The third kappa shape index (κ3) is 4.34. The Kier molecular flexibility index (Phi) is 5.10. The summed E-state index contributed by atoms with van der Waals surface area (Å²) in [5.74, 6) is -0.828. The number of carbonyl (C=O) groups is 1. The number of carbonyl (C=O) groups excluding carboxylic acids is 1. The van der Waals surface area contributed by atoms with Crippen LogP contribution >= 0.6 is 11.3 Å². The summed E-state index contributed by atoms with van der Waals surface area (Å²) < 4.78 is 37.3. The quantitative estimate of drug-likeness (QED) is 0.899. The van der Waals surface area contributed by atoms with Gasteiger partial charge in [0.05, 0.1) is 0 Å². The van der Waals surface area contributed by atoms with Crippen molar-refractivity contribution in [2.45, 2.75) is 31.7 Å². The van der Waals surface area contributed by atoms with Gasteiger partial charge in [0.25, 0.3) is 0 Å². The second kappa shape index (κ2) is 6.65. The largest absolute Gasteiger partial charge is 0.414 e. The fraction of sp³-hybridized carbons (Fsp3) is 0.615. The summed E-state index contributed by atoms with van der Waals surface area (Å²) in [5, 5.41) is 15.8. The van der Waals surface area contributed by atoms with E-state index in [2.05, 4.69) is 5.32 Å². The minimum atomic E-state index is -4.59. The Labute approximate surface area is 124 Å². The predicted octanol–water partition coefficient (Wildman–Crippen LogP) is 2.59. The number of likely N-dealkylation sites (tertiary alicyclic amines) is 1. The monoisotopic (exact) mass is 322 g/mol. The van der Waals surface area contributed by atoms with Crippen LogP contribution in [0.5, 0.6) is 0 Å². The summed E-state index contributed by atoms with van der Waals surface area (Å²) in [6.45, 7) is 0.869. The van der Waals surface area contributed by atoms with Crippen molar-refractivity contribution >= 4 is 17.4 Å². The number of aliphatic hydroxyl groups excluding tert-OH is 1. The Morgan fingerprint density at radius 1 is 1.48 bits per heavy atom. The number of nitrogens with zero attached hydrogens (tertiary/aromatic N) is 1. The molecule has 8 heteroatoms. The molecule has 1 aliphatic heterocycles. The van der Waals surface area contributed by atoms with Gasteiger partial charge in [0.1, 0.15) is 0 Å². The standard InChI is InChI=1S/C13H17F3N2O2S/c14-13(15,16)11(19)10-1-4-18(5-2-10)12(20)17-7-9-3-6-21-8-9/h3,6,8,10-11,19H,1-2,4-5,7H2,(H,17,20)/t11-/m1/s1. The lowest BCUT2D eigenvalue weighted by Gasteiger charge is -2.34.